The molecule has 3 aromatic carbocycles. The number of methoxy groups -OCH3 is 1. The van der Waals surface area contributed by atoms with E-state index in [4.69, 9.17) is 9.16 Å². The maximum Gasteiger partial charge on any atom is 0.316 e. The first-order valence-corrected chi connectivity index (χ1v) is 14.2. The van der Waals surface area contributed by atoms with Gasteiger partial charge in [-0.1, -0.05) is 93.6 Å². The summed E-state index contributed by atoms with van der Waals surface area (Å²) in [5.74, 6) is -0.623. The highest BCUT2D eigenvalue weighted by molar-refractivity contribution is 6.99. The number of benzene rings is 3. The van der Waals surface area contributed by atoms with E-state index in [1.54, 1.807) is 13.0 Å². The largest absolute Gasteiger partial charge is 0.468 e. The minimum absolute atomic E-state index is 0.164. The van der Waals surface area contributed by atoms with Gasteiger partial charge in [-0.3, -0.25) is 4.79 Å². The fourth-order valence-electron chi connectivity index (χ4n) is 5.90. The average molecular weight is 491 g/mol. The molecule has 5 heteroatoms. The summed E-state index contributed by atoms with van der Waals surface area (Å²) in [6, 6.07) is 26.0. The highest BCUT2D eigenvalue weighted by atomic mass is 28.4. The summed E-state index contributed by atoms with van der Waals surface area (Å²) in [7, 11) is -1.36. The van der Waals surface area contributed by atoms with Gasteiger partial charge in [0.1, 0.15) is 5.82 Å². The molecule has 1 saturated carbocycles. The molecule has 1 aliphatic carbocycles. The second-order valence-corrected chi connectivity index (χ2v) is 14.9. The first-order valence-electron chi connectivity index (χ1n) is 12.3. The molecule has 3 nitrogen and oxygen atoms in total. The molecule has 0 amide bonds. The lowest BCUT2D eigenvalue weighted by atomic mass is 9.76. The number of carbonyl (C=O) groups excluding carboxylic acids is 1. The standard InChI is InChI=1S/C30H35FO3Si/c1-22-26(17-12-18-27(22)31)30(28(32)33-5)20-19-23(21-30)34-35(29(2,3)4,24-13-8-6-9-14-24)25-15-10-7-11-16-25/h6-18,23H,19-21H2,1-5H3/t23-,30-/m0/s1. The Balaban J connectivity index is 1.82. The van der Waals surface area contributed by atoms with Crippen molar-refractivity contribution in [2.75, 3.05) is 7.11 Å². The molecule has 0 spiro atoms. The van der Waals surface area contributed by atoms with Crippen LogP contribution in [0.4, 0.5) is 4.39 Å². The van der Waals surface area contributed by atoms with Crippen molar-refractivity contribution in [3.05, 3.63) is 95.8 Å². The molecule has 0 aromatic heterocycles. The quantitative estimate of drug-likeness (QED) is 0.330. The molecular weight excluding hydrogens is 455 g/mol. The van der Waals surface area contributed by atoms with Crippen LogP contribution in [0.3, 0.4) is 0 Å². The Morgan fingerprint density at radius 3 is 2.03 bits per heavy atom. The van der Waals surface area contributed by atoms with E-state index in [1.165, 1.54) is 23.5 Å². The van der Waals surface area contributed by atoms with Crippen molar-refractivity contribution >= 4 is 24.7 Å². The van der Waals surface area contributed by atoms with Crippen molar-refractivity contribution in [3.8, 4) is 0 Å². The summed E-state index contributed by atoms with van der Waals surface area (Å²) in [6.07, 6.45) is 1.57. The van der Waals surface area contributed by atoms with Crippen LogP contribution < -0.4 is 10.4 Å². The van der Waals surface area contributed by atoms with Gasteiger partial charge in [0, 0.05) is 6.10 Å². The van der Waals surface area contributed by atoms with Gasteiger partial charge in [0.25, 0.3) is 8.32 Å². The Kier molecular flexibility index (Phi) is 7.03. The van der Waals surface area contributed by atoms with E-state index in [9.17, 15) is 9.18 Å². The van der Waals surface area contributed by atoms with Crippen LogP contribution >= 0.6 is 0 Å². The van der Waals surface area contributed by atoms with Crippen LogP contribution in [0.15, 0.2) is 78.9 Å². The van der Waals surface area contributed by atoms with Crippen LogP contribution in [-0.4, -0.2) is 27.5 Å². The molecule has 1 fully saturated rings. The second kappa shape index (κ2) is 9.71. The molecule has 0 aliphatic heterocycles. The number of hydrogen-bond acceptors (Lipinski definition) is 3. The van der Waals surface area contributed by atoms with Crippen LogP contribution in [0.5, 0.6) is 0 Å². The van der Waals surface area contributed by atoms with E-state index in [0.29, 0.717) is 30.4 Å². The van der Waals surface area contributed by atoms with E-state index in [2.05, 4.69) is 69.3 Å². The average Bonchev–Trinajstić information content (AvgIpc) is 3.28. The number of rotatable bonds is 6. The number of esters is 1. The van der Waals surface area contributed by atoms with E-state index < -0.39 is 13.7 Å². The zero-order valence-corrected chi connectivity index (χ0v) is 22.3. The summed E-state index contributed by atoms with van der Waals surface area (Å²) in [5, 5.41) is 2.24. The van der Waals surface area contributed by atoms with Crippen LogP contribution in [0, 0.1) is 12.7 Å². The highest BCUT2D eigenvalue weighted by Gasteiger charge is 2.55. The zero-order chi connectivity index (χ0) is 25.3. The van der Waals surface area contributed by atoms with Crippen molar-refractivity contribution in [1.82, 2.24) is 0 Å². The predicted molar refractivity (Wildman–Crippen MR) is 141 cm³/mol. The molecule has 184 valence electrons. The molecule has 4 rings (SSSR count). The van der Waals surface area contributed by atoms with Crippen molar-refractivity contribution in [3.63, 3.8) is 0 Å². The van der Waals surface area contributed by atoms with Crippen LogP contribution in [0.25, 0.3) is 0 Å². The van der Waals surface area contributed by atoms with Crippen molar-refractivity contribution in [2.45, 2.75) is 63.5 Å². The smallest absolute Gasteiger partial charge is 0.316 e. The molecule has 0 bridgehead atoms. The first kappa shape index (κ1) is 25.3. The monoisotopic (exact) mass is 490 g/mol. The third-order valence-electron chi connectivity index (χ3n) is 7.59. The minimum atomic E-state index is -2.77. The van der Waals surface area contributed by atoms with Gasteiger partial charge < -0.3 is 9.16 Å². The van der Waals surface area contributed by atoms with E-state index in [-0.39, 0.29) is 22.9 Å². The molecule has 0 saturated heterocycles. The van der Waals surface area contributed by atoms with Crippen LogP contribution in [0.1, 0.15) is 51.2 Å². The molecule has 2 atom stereocenters. The van der Waals surface area contributed by atoms with Crippen molar-refractivity contribution in [2.24, 2.45) is 0 Å². The maximum atomic E-state index is 14.6. The second-order valence-electron chi connectivity index (χ2n) is 10.6. The normalized spacial score (nSPS) is 20.6. The Bertz CT molecular complexity index is 1130. The van der Waals surface area contributed by atoms with Gasteiger partial charge in [0.2, 0.25) is 0 Å². The number of hydrogen-bond donors (Lipinski definition) is 0. The SMILES string of the molecule is COC(=O)[C@@]1(c2cccc(F)c2C)CC[C@H](O[Si](c2ccccc2)(c2ccccc2)C(C)(C)C)C1. The van der Waals surface area contributed by atoms with Gasteiger partial charge in [-0.2, -0.15) is 0 Å². The third kappa shape index (κ3) is 4.36. The lowest BCUT2D eigenvalue weighted by molar-refractivity contribution is -0.147. The van der Waals surface area contributed by atoms with Gasteiger partial charge in [-0.05, 0) is 58.8 Å². The Morgan fingerprint density at radius 1 is 0.943 bits per heavy atom. The summed E-state index contributed by atoms with van der Waals surface area (Å²) in [6.45, 7) is 8.49. The van der Waals surface area contributed by atoms with E-state index in [0.717, 1.165) is 0 Å². The van der Waals surface area contributed by atoms with Gasteiger partial charge >= 0.3 is 5.97 Å². The number of halogens is 1. The van der Waals surface area contributed by atoms with Gasteiger partial charge in [-0.15, -0.1) is 0 Å². The molecule has 0 radical (unpaired) electrons. The number of ether oxygens (including phenoxy) is 1. The maximum absolute atomic E-state index is 14.6. The lowest BCUT2D eigenvalue weighted by Crippen LogP contribution is -2.67. The molecule has 0 heterocycles. The van der Waals surface area contributed by atoms with E-state index >= 15 is 0 Å². The molecule has 0 N–H and O–H groups in total. The van der Waals surface area contributed by atoms with E-state index in [1.807, 2.05) is 18.2 Å². The Morgan fingerprint density at radius 2 is 1.51 bits per heavy atom. The zero-order valence-electron chi connectivity index (χ0n) is 21.3. The summed E-state index contributed by atoms with van der Waals surface area (Å²) >= 11 is 0. The molecule has 0 unspecified atom stereocenters. The van der Waals surface area contributed by atoms with Crippen LogP contribution in [0.2, 0.25) is 5.04 Å². The minimum Gasteiger partial charge on any atom is -0.468 e. The van der Waals surface area contributed by atoms with Gasteiger partial charge in [0.05, 0.1) is 12.5 Å². The van der Waals surface area contributed by atoms with Gasteiger partial charge in [0.15, 0.2) is 0 Å². The van der Waals surface area contributed by atoms with Crippen LogP contribution in [-0.2, 0) is 19.4 Å². The van der Waals surface area contributed by atoms with Gasteiger partial charge in [-0.25, -0.2) is 4.39 Å². The Hall–Kier alpha value is -2.76. The fraction of sp³-hybridized carbons (Fsp3) is 0.367. The third-order valence-corrected chi connectivity index (χ3v) is 12.7. The molecular formula is C30H35FO3Si. The summed E-state index contributed by atoms with van der Waals surface area (Å²) in [5.41, 5.74) is 0.290. The molecule has 3 aromatic rings. The Labute approximate surface area is 209 Å². The topological polar surface area (TPSA) is 35.5 Å². The fourth-order valence-corrected chi connectivity index (χ4v) is 10.6. The van der Waals surface area contributed by atoms with Crippen molar-refractivity contribution < 1.29 is 18.3 Å². The lowest BCUT2D eigenvalue weighted by Gasteiger charge is -2.45. The molecule has 1 aliphatic rings. The predicted octanol–water partition coefficient (Wildman–Crippen LogP) is 5.67. The first-order chi connectivity index (χ1) is 16.7. The number of carbonyl (C=O) groups is 1. The molecule has 35 heavy (non-hydrogen) atoms. The summed E-state index contributed by atoms with van der Waals surface area (Å²) in [4.78, 5) is 13.3. The van der Waals surface area contributed by atoms with Crippen molar-refractivity contribution in [1.29, 1.82) is 0 Å². The highest BCUT2D eigenvalue weighted by Crippen LogP contribution is 2.47. The summed E-state index contributed by atoms with van der Waals surface area (Å²) < 4.78 is 27.2.